The second kappa shape index (κ2) is 3.63. The monoisotopic (exact) mass is 224 g/mol. The quantitative estimate of drug-likeness (QED) is 0.668. The van der Waals surface area contributed by atoms with Gasteiger partial charge in [0.15, 0.2) is 5.78 Å². The van der Waals surface area contributed by atoms with Crippen LogP contribution in [0.5, 0.6) is 0 Å². The molecule has 0 fully saturated rings. The molecule has 0 unspecified atom stereocenters. The second-order valence-electron chi connectivity index (χ2n) is 4.10. The van der Waals surface area contributed by atoms with Gasteiger partial charge >= 0.3 is 0 Å². The molecule has 0 radical (unpaired) electrons. The second-order valence-corrected chi connectivity index (χ2v) is 4.10. The summed E-state index contributed by atoms with van der Waals surface area (Å²) in [6.45, 7) is 0. The zero-order valence-corrected chi connectivity index (χ0v) is 9.47. The first-order chi connectivity index (χ1) is 8.27. The van der Waals surface area contributed by atoms with Gasteiger partial charge in [-0.15, -0.1) is 0 Å². The summed E-state index contributed by atoms with van der Waals surface area (Å²) in [7, 11) is 1.95. The van der Waals surface area contributed by atoms with E-state index in [1.165, 1.54) is 0 Å². The van der Waals surface area contributed by atoms with Crippen molar-refractivity contribution in [2.45, 2.75) is 0 Å². The normalized spacial score (nSPS) is 10.9. The predicted octanol–water partition coefficient (Wildman–Crippen LogP) is 2.74. The van der Waals surface area contributed by atoms with Crippen molar-refractivity contribution in [1.29, 1.82) is 0 Å². The Balaban J connectivity index is 2.22. The highest BCUT2D eigenvalue weighted by Gasteiger charge is 2.15. The number of hydrogen-bond donors (Lipinski definition) is 1. The van der Waals surface area contributed by atoms with Crippen molar-refractivity contribution in [2.75, 3.05) is 0 Å². The summed E-state index contributed by atoms with van der Waals surface area (Å²) in [5.74, 6) is 0.0584. The molecule has 3 aromatic rings. The summed E-state index contributed by atoms with van der Waals surface area (Å²) >= 11 is 0. The summed E-state index contributed by atoms with van der Waals surface area (Å²) < 4.78 is 1.98. The molecule has 3 nitrogen and oxygen atoms in total. The molecular formula is C14H12N2O. The van der Waals surface area contributed by atoms with Crippen molar-refractivity contribution < 1.29 is 4.79 Å². The third-order valence-electron chi connectivity index (χ3n) is 3.00. The van der Waals surface area contributed by atoms with Crippen LogP contribution in [-0.2, 0) is 7.05 Å². The maximum Gasteiger partial charge on any atom is 0.196 e. The van der Waals surface area contributed by atoms with Crippen molar-refractivity contribution in [3.05, 3.63) is 60.0 Å². The maximum atomic E-state index is 12.3. The first-order valence-corrected chi connectivity index (χ1v) is 5.49. The number of hydrogen-bond acceptors (Lipinski definition) is 1. The minimum atomic E-state index is 0.0584. The number of benzene rings is 1. The summed E-state index contributed by atoms with van der Waals surface area (Å²) in [4.78, 5) is 15.2. The van der Waals surface area contributed by atoms with E-state index in [2.05, 4.69) is 4.98 Å². The van der Waals surface area contributed by atoms with Crippen molar-refractivity contribution in [3.63, 3.8) is 0 Å². The molecule has 0 aliphatic carbocycles. The molecule has 84 valence electrons. The first-order valence-electron chi connectivity index (χ1n) is 5.49. The van der Waals surface area contributed by atoms with Crippen LogP contribution in [0.15, 0.2) is 48.9 Å². The smallest absolute Gasteiger partial charge is 0.196 e. The van der Waals surface area contributed by atoms with Crippen LogP contribution >= 0.6 is 0 Å². The van der Waals surface area contributed by atoms with Gasteiger partial charge in [-0.3, -0.25) is 4.79 Å². The lowest BCUT2D eigenvalue weighted by atomic mass is 10.1. The van der Waals surface area contributed by atoms with Crippen LogP contribution in [0, 0.1) is 0 Å². The number of ketones is 1. The summed E-state index contributed by atoms with van der Waals surface area (Å²) in [6, 6.07) is 9.73. The van der Waals surface area contributed by atoms with Gasteiger partial charge in [-0.25, -0.2) is 0 Å². The molecule has 1 aromatic carbocycles. The molecule has 17 heavy (non-hydrogen) atoms. The average molecular weight is 224 g/mol. The molecule has 0 amide bonds. The molecule has 2 aromatic heterocycles. The lowest BCUT2D eigenvalue weighted by Gasteiger charge is -1.95. The molecule has 3 rings (SSSR count). The molecule has 3 heteroatoms. The molecule has 2 heterocycles. The van der Waals surface area contributed by atoms with Gasteiger partial charge in [0.25, 0.3) is 0 Å². The lowest BCUT2D eigenvalue weighted by Crippen LogP contribution is -1.98. The number of nitrogens with zero attached hydrogens (tertiary/aromatic N) is 1. The van der Waals surface area contributed by atoms with Gasteiger partial charge in [0.05, 0.1) is 0 Å². The summed E-state index contributed by atoms with van der Waals surface area (Å²) in [5.41, 5.74) is 2.52. The van der Waals surface area contributed by atoms with E-state index in [1.54, 1.807) is 18.5 Å². The fourth-order valence-corrected chi connectivity index (χ4v) is 2.14. The van der Waals surface area contributed by atoms with Crippen LogP contribution in [-0.4, -0.2) is 15.3 Å². The van der Waals surface area contributed by atoms with E-state index >= 15 is 0 Å². The minimum absolute atomic E-state index is 0.0584. The number of carbonyl (C=O) groups is 1. The Morgan fingerprint density at radius 1 is 1.24 bits per heavy atom. The number of aromatic nitrogens is 2. The Morgan fingerprint density at radius 2 is 2.06 bits per heavy atom. The number of fused-ring (bicyclic) bond motifs is 1. The predicted molar refractivity (Wildman–Crippen MR) is 67.1 cm³/mol. The SMILES string of the molecule is Cn1cc(C(=O)c2cc[nH]c2)c2ccccc21. The molecule has 0 aliphatic rings. The Hall–Kier alpha value is -2.29. The molecule has 0 saturated heterocycles. The van der Waals surface area contributed by atoms with E-state index in [0.717, 1.165) is 16.5 Å². The van der Waals surface area contributed by atoms with Crippen LogP contribution in [0.1, 0.15) is 15.9 Å². The number of carbonyl (C=O) groups excluding carboxylic acids is 1. The molecular weight excluding hydrogens is 212 g/mol. The first kappa shape index (κ1) is 9.90. The topological polar surface area (TPSA) is 37.8 Å². The van der Waals surface area contributed by atoms with E-state index in [9.17, 15) is 4.79 Å². The van der Waals surface area contributed by atoms with E-state index < -0.39 is 0 Å². The average Bonchev–Trinajstić information content (AvgIpc) is 2.97. The van der Waals surface area contributed by atoms with Gasteiger partial charge in [-0.1, -0.05) is 18.2 Å². The summed E-state index contributed by atoms with van der Waals surface area (Å²) in [6.07, 6.45) is 5.38. The Morgan fingerprint density at radius 3 is 2.82 bits per heavy atom. The van der Waals surface area contributed by atoms with Crippen LogP contribution in [0.25, 0.3) is 10.9 Å². The van der Waals surface area contributed by atoms with Gasteiger partial charge in [-0.2, -0.15) is 0 Å². The van der Waals surface area contributed by atoms with Crippen LogP contribution in [0.2, 0.25) is 0 Å². The third-order valence-corrected chi connectivity index (χ3v) is 3.00. The molecule has 1 N–H and O–H groups in total. The Bertz CT molecular complexity index is 677. The van der Waals surface area contributed by atoms with Crippen LogP contribution in [0.3, 0.4) is 0 Å². The van der Waals surface area contributed by atoms with Gasteiger partial charge in [-0.05, 0) is 12.1 Å². The number of nitrogens with one attached hydrogen (secondary N) is 1. The largest absolute Gasteiger partial charge is 0.367 e. The van der Waals surface area contributed by atoms with Gasteiger partial charge in [0.2, 0.25) is 0 Å². The molecule has 0 atom stereocenters. The molecule has 0 saturated carbocycles. The zero-order valence-electron chi connectivity index (χ0n) is 9.47. The fraction of sp³-hybridized carbons (Fsp3) is 0.0714. The fourth-order valence-electron chi connectivity index (χ4n) is 2.14. The molecule has 0 spiro atoms. The van der Waals surface area contributed by atoms with Crippen molar-refractivity contribution in [1.82, 2.24) is 9.55 Å². The van der Waals surface area contributed by atoms with Gasteiger partial charge in [0.1, 0.15) is 0 Å². The van der Waals surface area contributed by atoms with E-state index in [4.69, 9.17) is 0 Å². The van der Waals surface area contributed by atoms with Crippen molar-refractivity contribution >= 4 is 16.7 Å². The summed E-state index contributed by atoms with van der Waals surface area (Å²) in [5, 5.41) is 1.00. The maximum absolute atomic E-state index is 12.3. The van der Waals surface area contributed by atoms with E-state index in [0.29, 0.717) is 5.56 Å². The number of para-hydroxylation sites is 1. The molecule has 0 aliphatic heterocycles. The molecule has 0 bridgehead atoms. The van der Waals surface area contributed by atoms with Crippen molar-refractivity contribution in [3.8, 4) is 0 Å². The van der Waals surface area contributed by atoms with Crippen LogP contribution in [0.4, 0.5) is 0 Å². The minimum Gasteiger partial charge on any atom is -0.367 e. The highest BCUT2D eigenvalue weighted by atomic mass is 16.1. The van der Waals surface area contributed by atoms with E-state index in [-0.39, 0.29) is 5.78 Å². The number of aromatic amines is 1. The standard InChI is InChI=1S/C14H12N2O/c1-16-9-12(11-4-2-3-5-13(11)16)14(17)10-6-7-15-8-10/h2-9,15H,1H3. The van der Waals surface area contributed by atoms with Gasteiger partial charge in [0, 0.05) is 47.7 Å². The number of rotatable bonds is 2. The van der Waals surface area contributed by atoms with Gasteiger partial charge < -0.3 is 9.55 Å². The Kier molecular flexibility index (Phi) is 2.11. The lowest BCUT2D eigenvalue weighted by molar-refractivity contribution is 0.104. The zero-order chi connectivity index (χ0) is 11.8. The highest BCUT2D eigenvalue weighted by Crippen LogP contribution is 2.22. The van der Waals surface area contributed by atoms with Crippen LogP contribution < -0.4 is 0 Å². The highest BCUT2D eigenvalue weighted by molar-refractivity contribution is 6.16. The Labute approximate surface area is 98.7 Å². The number of H-pyrrole nitrogens is 1. The van der Waals surface area contributed by atoms with Crippen molar-refractivity contribution in [2.24, 2.45) is 7.05 Å². The van der Waals surface area contributed by atoms with E-state index in [1.807, 2.05) is 42.1 Å². The number of aryl methyl sites for hydroxylation is 1. The third kappa shape index (κ3) is 1.47.